The number of hydrogen-bond acceptors (Lipinski definition) is 3. The highest BCUT2D eigenvalue weighted by Gasteiger charge is 2.26. The van der Waals surface area contributed by atoms with Crippen LogP contribution < -0.4 is 5.32 Å². The van der Waals surface area contributed by atoms with Gasteiger partial charge in [0.1, 0.15) is 0 Å². The second-order valence-corrected chi connectivity index (χ2v) is 5.61. The first-order valence-corrected chi connectivity index (χ1v) is 7.16. The van der Waals surface area contributed by atoms with Gasteiger partial charge in [-0.15, -0.1) is 0 Å². The molecule has 1 aromatic rings. The number of nitrogens with one attached hydrogen (secondary N) is 1. The third kappa shape index (κ3) is 2.31. The highest BCUT2D eigenvalue weighted by Crippen LogP contribution is 2.31. The van der Waals surface area contributed by atoms with Crippen LogP contribution >= 0.6 is 0 Å². The Hall–Kier alpha value is -0.870. The predicted molar refractivity (Wildman–Crippen MR) is 70.7 cm³/mol. The SMILES string of the molecule is CC(C1CCOCC1)n1cncc1C1CCNC1. The molecule has 3 heterocycles. The van der Waals surface area contributed by atoms with Gasteiger partial charge in [-0.25, -0.2) is 4.98 Å². The summed E-state index contributed by atoms with van der Waals surface area (Å²) in [7, 11) is 0. The van der Waals surface area contributed by atoms with Crippen LogP contribution in [0.3, 0.4) is 0 Å². The number of imidazole rings is 1. The van der Waals surface area contributed by atoms with Crippen LogP contribution in [0, 0.1) is 5.92 Å². The molecule has 100 valence electrons. The fourth-order valence-corrected chi connectivity index (χ4v) is 3.30. The first-order chi connectivity index (χ1) is 8.86. The third-order valence-corrected chi connectivity index (χ3v) is 4.56. The smallest absolute Gasteiger partial charge is 0.0950 e. The van der Waals surface area contributed by atoms with Crippen LogP contribution in [0.5, 0.6) is 0 Å². The van der Waals surface area contributed by atoms with E-state index in [4.69, 9.17) is 4.74 Å². The molecule has 0 bridgehead atoms. The summed E-state index contributed by atoms with van der Waals surface area (Å²) in [6.45, 7) is 6.42. The van der Waals surface area contributed by atoms with E-state index in [9.17, 15) is 0 Å². The van der Waals surface area contributed by atoms with Crippen molar-refractivity contribution < 1.29 is 4.74 Å². The average molecular weight is 249 g/mol. The average Bonchev–Trinajstić information content (AvgIpc) is 3.09. The maximum absolute atomic E-state index is 5.46. The molecule has 18 heavy (non-hydrogen) atoms. The highest BCUT2D eigenvalue weighted by atomic mass is 16.5. The second-order valence-electron chi connectivity index (χ2n) is 5.61. The van der Waals surface area contributed by atoms with Gasteiger partial charge < -0.3 is 14.6 Å². The van der Waals surface area contributed by atoms with E-state index in [1.54, 1.807) is 0 Å². The lowest BCUT2D eigenvalue weighted by Gasteiger charge is -2.30. The van der Waals surface area contributed by atoms with Crippen molar-refractivity contribution in [3.8, 4) is 0 Å². The lowest BCUT2D eigenvalue weighted by molar-refractivity contribution is 0.0508. The van der Waals surface area contributed by atoms with E-state index in [0.717, 1.165) is 32.2 Å². The number of hydrogen-bond donors (Lipinski definition) is 1. The number of aromatic nitrogens is 2. The second kappa shape index (κ2) is 5.41. The Morgan fingerprint density at radius 2 is 2.22 bits per heavy atom. The zero-order valence-electron chi connectivity index (χ0n) is 11.1. The molecule has 0 radical (unpaired) electrons. The number of rotatable bonds is 3. The van der Waals surface area contributed by atoms with Crippen LogP contribution in [0.15, 0.2) is 12.5 Å². The van der Waals surface area contributed by atoms with E-state index in [1.165, 1.54) is 25.0 Å². The third-order valence-electron chi connectivity index (χ3n) is 4.56. The van der Waals surface area contributed by atoms with Gasteiger partial charge in [-0.1, -0.05) is 0 Å². The summed E-state index contributed by atoms with van der Waals surface area (Å²) in [6.07, 6.45) is 7.69. The Bertz CT molecular complexity index is 378. The van der Waals surface area contributed by atoms with Gasteiger partial charge in [0.25, 0.3) is 0 Å². The van der Waals surface area contributed by atoms with E-state index in [0.29, 0.717) is 12.0 Å². The summed E-state index contributed by atoms with van der Waals surface area (Å²) in [5.41, 5.74) is 1.42. The molecule has 2 atom stereocenters. The van der Waals surface area contributed by atoms with Gasteiger partial charge in [-0.05, 0) is 38.6 Å². The standard InChI is InChI=1S/C14H23N3O/c1-11(12-3-6-18-7-4-12)17-10-16-9-14(17)13-2-5-15-8-13/h9-13,15H,2-8H2,1H3. The van der Waals surface area contributed by atoms with E-state index >= 15 is 0 Å². The zero-order valence-corrected chi connectivity index (χ0v) is 11.1. The van der Waals surface area contributed by atoms with E-state index < -0.39 is 0 Å². The molecular formula is C14H23N3O. The molecule has 2 saturated heterocycles. The maximum Gasteiger partial charge on any atom is 0.0950 e. The summed E-state index contributed by atoms with van der Waals surface area (Å²) >= 11 is 0. The lowest BCUT2D eigenvalue weighted by Crippen LogP contribution is -2.25. The molecule has 2 unspecified atom stereocenters. The predicted octanol–water partition coefficient (Wildman–Crippen LogP) is 1.95. The van der Waals surface area contributed by atoms with Gasteiger partial charge in [-0.3, -0.25) is 0 Å². The molecule has 4 nitrogen and oxygen atoms in total. The number of nitrogens with zero attached hydrogens (tertiary/aromatic N) is 2. The normalized spacial score (nSPS) is 27.5. The Morgan fingerprint density at radius 1 is 1.39 bits per heavy atom. The van der Waals surface area contributed by atoms with Gasteiger partial charge in [0.15, 0.2) is 0 Å². The lowest BCUT2D eigenvalue weighted by atomic mass is 9.92. The summed E-state index contributed by atoms with van der Waals surface area (Å²) < 4.78 is 7.87. The molecule has 4 heteroatoms. The molecule has 1 N–H and O–H groups in total. The molecule has 0 spiro atoms. The van der Waals surface area contributed by atoms with Crippen molar-refractivity contribution in [2.75, 3.05) is 26.3 Å². The Kier molecular flexibility index (Phi) is 3.66. The van der Waals surface area contributed by atoms with Gasteiger partial charge >= 0.3 is 0 Å². The van der Waals surface area contributed by atoms with E-state index in [-0.39, 0.29) is 0 Å². The molecule has 0 amide bonds. The summed E-state index contributed by atoms with van der Waals surface area (Å²) in [5, 5.41) is 3.45. The van der Waals surface area contributed by atoms with Crippen molar-refractivity contribution in [1.29, 1.82) is 0 Å². The molecule has 0 saturated carbocycles. The molecule has 3 rings (SSSR count). The van der Waals surface area contributed by atoms with E-state index in [2.05, 4.69) is 28.0 Å². The zero-order chi connectivity index (χ0) is 12.4. The Labute approximate surface area is 109 Å². The number of ether oxygens (including phenoxy) is 1. The summed E-state index contributed by atoms with van der Waals surface area (Å²) in [5.74, 6) is 1.39. The van der Waals surface area contributed by atoms with Crippen LogP contribution in [0.2, 0.25) is 0 Å². The largest absolute Gasteiger partial charge is 0.381 e. The molecule has 0 aliphatic carbocycles. The minimum absolute atomic E-state index is 0.548. The van der Waals surface area contributed by atoms with Crippen molar-refractivity contribution >= 4 is 0 Å². The van der Waals surface area contributed by atoms with Crippen LogP contribution in [0.4, 0.5) is 0 Å². The van der Waals surface area contributed by atoms with Gasteiger partial charge in [0, 0.05) is 43.6 Å². The summed E-state index contributed by atoms with van der Waals surface area (Å²) in [6, 6.07) is 0.548. The van der Waals surface area contributed by atoms with E-state index in [1.807, 2.05) is 6.33 Å². The monoisotopic (exact) mass is 249 g/mol. The van der Waals surface area contributed by atoms with Crippen molar-refractivity contribution in [3.05, 3.63) is 18.2 Å². The van der Waals surface area contributed by atoms with Gasteiger partial charge in [-0.2, -0.15) is 0 Å². The highest BCUT2D eigenvalue weighted by molar-refractivity contribution is 5.10. The van der Waals surface area contributed by atoms with Crippen molar-refractivity contribution in [2.24, 2.45) is 5.92 Å². The van der Waals surface area contributed by atoms with Gasteiger partial charge in [0.2, 0.25) is 0 Å². The van der Waals surface area contributed by atoms with Crippen molar-refractivity contribution in [1.82, 2.24) is 14.9 Å². The fourth-order valence-electron chi connectivity index (χ4n) is 3.30. The molecule has 1 aromatic heterocycles. The topological polar surface area (TPSA) is 39.1 Å². The minimum atomic E-state index is 0.548. The Morgan fingerprint density at radius 3 is 2.94 bits per heavy atom. The molecule has 0 aromatic carbocycles. The van der Waals surface area contributed by atoms with Crippen LogP contribution in [0.25, 0.3) is 0 Å². The summed E-state index contributed by atoms with van der Waals surface area (Å²) in [4.78, 5) is 4.39. The van der Waals surface area contributed by atoms with Crippen molar-refractivity contribution in [3.63, 3.8) is 0 Å². The van der Waals surface area contributed by atoms with Crippen LogP contribution in [-0.2, 0) is 4.74 Å². The molecule has 2 aliphatic rings. The van der Waals surface area contributed by atoms with Crippen LogP contribution in [0.1, 0.15) is 43.8 Å². The first-order valence-electron chi connectivity index (χ1n) is 7.16. The Balaban J connectivity index is 1.76. The molecule has 2 aliphatic heterocycles. The minimum Gasteiger partial charge on any atom is -0.381 e. The molecular weight excluding hydrogens is 226 g/mol. The quantitative estimate of drug-likeness (QED) is 0.890. The van der Waals surface area contributed by atoms with Crippen LogP contribution in [-0.4, -0.2) is 35.9 Å². The maximum atomic E-state index is 5.46. The van der Waals surface area contributed by atoms with Gasteiger partial charge in [0.05, 0.1) is 6.33 Å². The van der Waals surface area contributed by atoms with Crippen molar-refractivity contribution in [2.45, 2.75) is 38.1 Å². The first kappa shape index (κ1) is 12.2. The molecule has 2 fully saturated rings. The fraction of sp³-hybridized carbons (Fsp3) is 0.786.